The molecular weight excluding hydrogens is 262 g/mol. The Hall–Kier alpha value is 1.66. The van der Waals surface area contributed by atoms with E-state index in [1.165, 1.54) is 0 Å². The van der Waals surface area contributed by atoms with E-state index < -0.39 is 0 Å². The van der Waals surface area contributed by atoms with Gasteiger partial charge in [-0.2, -0.15) is 0 Å². The summed E-state index contributed by atoms with van der Waals surface area (Å²) < 4.78 is 0. The predicted octanol–water partition coefficient (Wildman–Crippen LogP) is -0.999. The van der Waals surface area contributed by atoms with Crippen molar-refractivity contribution in [3.05, 3.63) is 0 Å². The summed E-state index contributed by atoms with van der Waals surface area (Å²) in [6.45, 7) is 0. The quantitative estimate of drug-likeness (QED) is 0.537. The average Bonchev–Trinajstić information content (AvgIpc) is 0. The fourth-order valence-electron chi connectivity index (χ4n) is 0. The first-order valence-corrected chi connectivity index (χ1v) is 0. The monoisotopic (exact) mass is 262 g/mol. The zero-order valence-electron chi connectivity index (χ0n) is 1.97. The minimum Gasteiger partial charge on any atom is -2.00 e. The summed E-state index contributed by atoms with van der Waals surface area (Å²) in [7, 11) is 0. The molecule has 4 heteroatoms. The van der Waals surface area contributed by atoms with Crippen LogP contribution in [0.4, 0.5) is 0 Å². The van der Waals surface area contributed by atoms with Gasteiger partial charge in [0.25, 0.3) is 0 Å². The Morgan fingerprint density at radius 3 is 0.500 bits per heavy atom. The van der Waals surface area contributed by atoms with Gasteiger partial charge in [-0.3, -0.25) is 0 Å². The molecular formula is In2O2+2. The fraction of sp³-hybridized carbons (Fsp3) is 0. The van der Waals surface area contributed by atoms with Gasteiger partial charge in [0.1, 0.15) is 0 Å². The van der Waals surface area contributed by atoms with Gasteiger partial charge in [-0.1, -0.05) is 0 Å². The first-order chi connectivity index (χ1) is 0. The molecule has 0 atom stereocenters. The topological polar surface area (TPSA) is 57.0 Å². The molecule has 0 bridgehead atoms. The van der Waals surface area contributed by atoms with E-state index in [9.17, 15) is 0 Å². The molecule has 0 aromatic rings. The van der Waals surface area contributed by atoms with Crippen molar-refractivity contribution in [3.8, 4) is 0 Å². The summed E-state index contributed by atoms with van der Waals surface area (Å²) >= 11 is 0. The molecule has 0 fully saturated rings. The van der Waals surface area contributed by atoms with Crippen LogP contribution >= 0.6 is 0 Å². The molecule has 0 rings (SSSR count). The standard InChI is InChI=1S/2In.2O/q2*+3;2*-2. The SMILES string of the molecule is [In+3].[In+3].[O-2].[O-2]. The molecule has 0 heterocycles. The summed E-state index contributed by atoms with van der Waals surface area (Å²) in [4.78, 5) is 0. The Bertz CT molecular complexity index is 4.00. The molecule has 0 aliphatic rings. The Morgan fingerprint density at radius 2 is 0.500 bits per heavy atom. The summed E-state index contributed by atoms with van der Waals surface area (Å²) in [5.74, 6) is 0. The predicted molar refractivity (Wildman–Crippen MR) is 12.9 cm³/mol. The Labute approximate surface area is 62.1 Å². The van der Waals surface area contributed by atoms with Crippen molar-refractivity contribution in [2.45, 2.75) is 0 Å². The van der Waals surface area contributed by atoms with Crippen LogP contribution in [0.5, 0.6) is 0 Å². The Balaban J connectivity index is 0. The molecule has 16 valence electrons. The summed E-state index contributed by atoms with van der Waals surface area (Å²) in [6.07, 6.45) is 0. The van der Waals surface area contributed by atoms with Crippen LogP contribution < -0.4 is 0 Å². The largest absolute Gasteiger partial charge is 3.00 e. The third kappa shape index (κ3) is 9.40. The van der Waals surface area contributed by atoms with E-state index in [1.54, 1.807) is 0 Å². The molecule has 0 saturated heterocycles. The van der Waals surface area contributed by atoms with Crippen molar-refractivity contribution in [2.24, 2.45) is 0 Å². The van der Waals surface area contributed by atoms with E-state index in [-0.39, 0.29) is 62.6 Å². The first kappa shape index (κ1) is 44.6. The van der Waals surface area contributed by atoms with Crippen LogP contribution in [-0.2, 0) is 11.0 Å². The maximum Gasteiger partial charge on any atom is 3.00 e. The summed E-state index contributed by atoms with van der Waals surface area (Å²) in [5, 5.41) is 0. The van der Waals surface area contributed by atoms with Gasteiger partial charge in [0, 0.05) is 0 Å². The van der Waals surface area contributed by atoms with Crippen LogP contribution in [0.25, 0.3) is 0 Å². The van der Waals surface area contributed by atoms with E-state index in [4.69, 9.17) is 0 Å². The number of hydrogen-bond donors (Lipinski definition) is 0. The van der Waals surface area contributed by atoms with Gasteiger partial charge in [-0.05, 0) is 0 Å². The zero-order chi connectivity index (χ0) is 0. The molecule has 0 aromatic carbocycles. The van der Waals surface area contributed by atoms with Crippen molar-refractivity contribution in [2.75, 3.05) is 0 Å². The van der Waals surface area contributed by atoms with Crippen LogP contribution in [0, 0.1) is 0 Å². The zero-order valence-corrected chi connectivity index (χ0v) is 8.56. The smallest absolute Gasteiger partial charge is 2.00 e. The molecule has 0 aromatic heterocycles. The molecule has 0 N–H and O–H groups in total. The third-order valence-corrected chi connectivity index (χ3v) is 0. The second-order valence-corrected chi connectivity index (χ2v) is 0. The van der Waals surface area contributed by atoms with E-state index >= 15 is 0 Å². The molecule has 4 heavy (non-hydrogen) atoms. The van der Waals surface area contributed by atoms with Crippen molar-refractivity contribution in [3.63, 3.8) is 0 Å². The van der Waals surface area contributed by atoms with Gasteiger partial charge in [-0.15, -0.1) is 0 Å². The van der Waals surface area contributed by atoms with Gasteiger partial charge in [0.05, 0.1) is 0 Å². The molecule has 0 saturated carbocycles. The third-order valence-electron chi connectivity index (χ3n) is 0. The average molecular weight is 262 g/mol. The van der Waals surface area contributed by atoms with Gasteiger partial charge in [0.2, 0.25) is 0 Å². The molecule has 0 spiro atoms. The van der Waals surface area contributed by atoms with Gasteiger partial charge >= 0.3 is 51.7 Å². The van der Waals surface area contributed by atoms with E-state index in [0.29, 0.717) is 0 Å². The van der Waals surface area contributed by atoms with Crippen molar-refractivity contribution >= 4 is 51.7 Å². The molecule has 2 nitrogen and oxygen atoms in total. The van der Waals surface area contributed by atoms with E-state index in [0.717, 1.165) is 0 Å². The van der Waals surface area contributed by atoms with Crippen LogP contribution in [0.2, 0.25) is 0 Å². The van der Waals surface area contributed by atoms with Crippen LogP contribution in [0.15, 0.2) is 0 Å². The molecule has 0 radical (unpaired) electrons. The van der Waals surface area contributed by atoms with Crippen molar-refractivity contribution in [1.82, 2.24) is 0 Å². The molecule has 0 aliphatic heterocycles. The van der Waals surface area contributed by atoms with Gasteiger partial charge in [0.15, 0.2) is 0 Å². The normalized spacial score (nSPS) is 0. The maximum absolute atomic E-state index is 0. The minimum absolute atomic E-state index is 0. The van der Waals surface area contributed by atoms with Gasteiger partial charge in [-0.25, -0.2) is 0 Å². The number of rotatable bonds is 0. The summed E-state index contributed by atoms with van der Waals surface area (Å²) in [6, 6.07) is 0. The van der Waals surface area contributed by atoms with Crippen molar-refractivity contribution < 1.29 is 11.0 Å². The first-order valence-electron chi connectivity index (χ1n) is 0. The molecule has 0 unspecified atom stereocenters. The van der Waals surface area contributed by atoms with Crippen molar-refractivity contribution in [1.29, 1.82) is 0 Å². The summed E-state index contributed by atoms with van der Waals surface area (Å²) in [5.41, 5.74) is 0. The second-order valence-electron chi connectivity index (χ2n) is 0. The van der Waals surface area contributed by atoms with Crippen LogP contribution in [0.1, 0.15) is 0 Å². The second kappa shape index (κ2) is 22.7. The molecule has 0 aliphatic carbocycles. The number of hydrogen-bond acceptors (Lipinski definition) is 0. The van der Waals surface area contributed by atoms with E-state index in [1.807, 2.05) is 0 Å². The fourth-order valence-corrected chi connectivity index (χ4v) is 0. The van der Waals surface area contributed by atoms with Gasteiger partial charge < -0.3 is 11.0 Å². The van der Waals surface area contributed by atoms with Crippen LogP contribution in [-0.4, -0.2) is 51.7 Å². The Morgan fingerprint density at radius 1 is 0.500 bits per heavy atom. The maximum atomic E-state index is 0. The van der Waals surface area contributed by atoms with E-state index in [2.05, 4.69) is 0 Å². The van der Waals surface area contributed by atoms with Crippen LogP contribution in [0.3, 0.4) is 0 Å². The Kier molecular flexibility index (Phi) is 253. The minimum atomic E-state index is 0. The molecule has 0 amide bonds.